The molecule has 2 N–H and O–H groups in total. The smallest absolute Gasteiger partial charge is 0.243 e. The fourth-order valence-corrected chi connectivity index (χ4v) is 5.32. The molecule has 1 saturated carbocycles. The molecule has 6 heteroatoms. The van der Waals surface area contributed by atoms with Crippen LogP contribution in [0, 0.1) is 0 Å². The van der Waals surface area contributed by atoms with Crippen molar-refractivity contribution in [1.29, 1.82) is 0 Å². The lowest BCUT2D eigenvalue weighted by Crippen LogP contribution is -2.53. The number of fused-ring (bicyclic) bond motifs is 2. The maximum Gasteiger partial charge on any atom is 0.243 e. The molecule has 2 bridgehead atoms. The van der Waals surface area contributed by atoms with Gasteiger partial charge in [0.2, 0.25) is 5.91 Å². The summed E-state index contributed by atoms with van der Waals surface area (Å²) in [5, 5.41) is 7.32. The van der Waals surface area contributed by atoms with Gasteiger partial charge in [-0.1, -0.05) is 43.2 Å². The molecule has 0 spiro atoms. The van der Waals surface area contributed by atoms with Gasteiger partial charge in [0.15, 0.2) is 5.96 Å². The maximum absolute atomic E-state index is 12.1. The highest BCUT2D eigenvalue weighted by Gasteiger charge is 2.40. The van der Waals surface area contributed by atoms with E-state index in [1.807, 2.05) is 0 Å². The molecule has 1 aromatic carbocycles. The van der Waals surface area contributed by atoms with Gasteiger partial charge in [-0.15, -0.1) is 0 Å². The predicted molar refractivity (Wildman–Crippen MR) is 121 cm³/mol. The van der Waals surface area contributed by atoms with Gasteiger partial charge in [0.25, 0.3) is 0 Å². The third-order valence-electron chi connectivity index (χ3n) is 7.00. The number of aliphatic imine (C=N–C) groups is 1. The van der Waals surface area contributed by atoms with E-state index < -0.39 is 0 Å². The number of hydrogen-bond acceptors (Lipinski definition) is 3. The first-order chi connectivity index (χ1) is 14.6. The van der Waals surface area contributed by atoms with Gasteiger partial charge in [-0.05, 0) is 44.1 Å². The molecule has 2 aliphatic heterocycles. The van der Waals surface area contributed by atoms with Gasteiger partial charge < -0.3 is 15.5 Å². The minimum absolute atomic E-state index is 0.0419. The van der Waals surface area contributed by atoms with E-state index in [9.17, 15) is 4.79 Å². The molecule has 2 unspecified atom stereocenters. The zero-order valence-corrected chi connectivity index (χ0v) is 18.5. The zero-order valence-electron chi connectivity index (χ0n) is 18.5. The van der Waals surface area contributed by atoms with Crippen LogP contribution in [0.3, 0.4) is 0 Å². The molecule has 2 heterocycles. The number of piperidine rings is 1. The van der Waals surface area contributed by atoms with Crippen molar-refractivity contribution >= 4 is 11.9 Å². The Morgan fingerprint density at radius 1 is 1.00 bits per heavy atom. The molecule has 2 saturated heterocycles. The lowest BCUT2D eigenvalue weighted by molar-refractivity contribution is -0.127. The van der Waals surface area contributed by atoms with Crippen molar-refractivity contribution in [2.75, 3.05) is 20.6 Å². The van der Waals surface area contributed by atoms with E-state index in [4.69, 9.17) is 0 Å². The first kappa shape index (κ1) is 21.2. The summed E-state index contributed by atoms with van der Waals surface area (Å²) in [6.45, 7) is 1.26. The number of nitrogens with zero attached hydrogens (tertiary/aromatic N) is 3. The molecule has 1 aromatic rings. The summed E-state index contributed by atoms with van der Waals surface area (Å²) in [5.74, 6) is 0.873. The molecular formula is C24H37N5O. The van der Waals surface area contributed by atoms with Crippen molar-refractivity contribution < 1.29 is 4.79 Å². The molecule has 2 atom stereocenters. The second-order valence-electron chi connectivity index (χ2n) is 9.43. The number of amides is 1. The molecule has 0 radical (unpaired) electrons. The second kappa shape index (κ2) is 9.82. The molecule has 1 amide bonds. The standard InChI is InChI=1S/C24H37N5O/c1-28(2)23(30)16-25-24(26-19-10-6-7-11-19)27-20-14-21-12-13-22(15-20)29(21)17-18-8-4-3-5-9-18/h3-5,8-9,19-22H,6-7,10-17H2,1-2H3,(H2,25,26,27). The Morgan fingerprint density at radius 3 is 2.27 bits per heavy atom. The largest absolute Gasteiger partial charge is 0.354 e. The third-order valence-corrected chi connectivity index (χ3v) is 7.00. The highest BCUT2D eigenvalue weighted by Crippen LogP contribution is 2.36. The van der Waals surface area contributed by atoms with Crippen LogP contribution in [0.2, 0.25) is 0 Å². The van der Waals surface area contributed by atoms with Crippen LogP contribution in [-0.2, 0) is 11.3 Å². The van der Waals surface area contributed by atoms with Gasteiger partial charge in [-0.25, -0.2) is 4.99 Å². The number of carbonyl (C=O) groups is 1. The summed E-state index contributed by atoms with van der Waals surface area (Å²) in [6, 6.07) is 13.0. The predicted octanol–water partition coefficient (Wildman–Crippen LogP) is 2.75. The first-order valence-electron chi connectivity index (χ1n) is 11.7. The van der Waals surface area contributed by atoms with Crippen LogP contribution >= 0.6 is 0 Å². The molecule has 30 heavy (non-hydrogen) atoms. The Kier molecular flexibility index (Phi) is 6.93. The van der Waals surface area contributed by atoms with E-state index in [0.717, 1.165) is 25.3 Å². The van der Waals surface area contributed by atoms with Crippen molar-refractivity contribution in [2.45, 2.75) is 82.1 Å². The van der Waals surface area contributed by atoms with Gasteiger partial charge in [0, 0.05) is 44.8 Å². The summed E-state index contributed by atoms with van der Waals surface area (Å²) in [7, 11) is 3.57. The van der Waals surface area contributed by atoms with Crippen LogP contribution in [0.15, 0.2) is 35.3 Å². The molecule has 6 nitrogen and oxygen atoms in total. The third kappa shape index (κ3) is 5.34. The Morgan fingerprint density at radius 2 is 1.63 bits per heavy atom. The highest BCUT2D eigenvalue weighted by atomic mass is 16.2. The van der Waals surface area contributed by atoms with E-state index in [0.29, 0.717) is 24.2 Å². The number of benzene rings is 1. The number of guanidine groups is 1. The molecule has 3 aliphatic rings. The maximum atomic E-state index is 12.1. The van der Waals surface area contributed by atoms with E-state index in [-0.39, 0.29) is 12.5 Å². The fourth-order valence-electron chi connectivity index (χ4n) is 5.32. The topological polar surface area (TPSA) is 60.0 Å². The Balaban J connectivity index is 1.37. The molecule has 4 rings (SSSR count). The fraction of sp³-hybridized carbons (Fsp3) is 0.667. The minimum Gasteiger partial charge on any atom is -0.354 e. The van der Waals surface area contributed by atoms with Gasteiger partial charge in [-0.3, -0.25) is 9.69 Å². The zero-order chi connectivity index (χ0) is 20.9. The summed E-state index contributed by atoms with van der Waals surface area (Å²) in [5.41, 5.74) is 1.41. The summed E-state index contributed by atoms with van der Waals surface area (Å²) in [6.07, 6.45) is 9.83. The number of rotatable bonds is 6. The van der Waals surface area contributed by atoms with Crippen LogP contribution < -0.4 is 10.6 Å². The minimum atomic E-state index is 0.0419. The van der Waals surface area contributed by atoms with Crippen molar-refractivity contribution in [1.82, 2.24) is 20.4 Å². The van der Waals surface area contributed by atoms with Gasteiger partial charge in [0.05, 0.1) is 0 Å². The Bertz CT molecular complexity index is 714. The molecule has 3 fully saturated rings. The quantitative estimate of drug-likeness (QED) is 0.558. The van der Waals surface area contributed by atoms with Crippen LogP contribution in [0.1, 0.15) is 56.9 Å². The van der Waals surface area contributed by atoms with Crippen molar-refractivity contribution in [3.05, 3.63) is 35.9 Å². The van der Waals surface area contributed by atoms with Crippen molar-refractivity contribution in [2.24, 2.45) is 4.99 Å². The summed E-state index contributed by atoms with van der Waals surface area (Å²) < 4.78 is 0. The van der Waals surface area contributed by atoms with Crippen LogP contribution in [-0.4, -0.2) is 66.5 Å². The monoisotopic (exact) mass is 411 g/mol. The SMILES string of the molecule is CN(C)C(=O)CN=C(NC1CCCC1)NC1CC2CCC(C1)N2Cc1ccccc1. The lowest BCUT2D eigenvalue weighted by atomic mass is 9.96. The molecule has 0 aromatic heterocycles. The molecule has 164 valence electrons. The normalized spacial score (nSPS) is 27.3. The van der Waals surface area contributed by atoms with Gasteiger partial charge >= 0.3 is 0 Å². The van der Waals surface area contributed by atoms with Crippen molar-refractivity contribution in [3.63, 3.8) is 0 Å². The number of hydrogen-bond donors (Lipinski definition) is 2. The van der Waals surface area contributed by atoms with E-state index in [1.165, 1.54) is 44.1 Å². The average molecular weight is 412 g/mol. The van der Waals surface area contributed by atoms with Crippen molar-refractivity contribution in [3.8, 4) is 0 Å². The van der Waals surface area contributed by atoms with E-state index in [1.54, 1.807) is 19.0 Å². The molecular weight excluding hydrogens is 374 g/mol. The first-order valence-corrected chi connectivity index (χ1v) is 11.7. The van der Waals surface area contributed by atoms with Crippen LogP contribution in [0.25, 0.3) is 0 Å². The number of likely N-dealkylation sites (N-methyl/N-ethyl adjacent to an activating group) is 1. The Hall–Kier alpha value is -2.08. The van der Waals surface area contributed by atoms with Crippen LogP contribution in [0.4, 0.5) is 0 Å². The lowest BCUT2D eigenvalue weighted by Gasteiger charge is -2.40. The second-order valence-corrected chi connectivity index (χ2v) is 9.43. The van der Waals surface area contributed by atoms with Gasteiger partial charge in [-0.2, -0.15) is 0 Å². The summed E-state index contributed by atoms with van der Waals surface area (Å²) in [4.78, 5) is 21.0. The number of carbonyl (C=O) groups excluding carboxylic acids is 1. The summed E-state index contributed by atoms with van der Waals surface area (Å²) >= 11 is 0. The van der Waals surface area contributed by atoms with E-state index >= 15 is 0 Å². The van der Waals surface area contributed by atoms with Crippen LogP contribution in [0.5, 0.6) is 0 Å². The van der Waals surface area contributed by atoms with E-state index in [2.05, 4.69) is 50.9 Å². The Labute approximate surface area is 181 Å². The number of nitrogens with one attached hydrogen (secondary N) is 2. The average Bonchev–Trinajstić information content (AvgIpc) is 3.32. The highest BCUT2D eigenvalue weighted by molar-refractivity contribution is 5.85. The van der Waals surface area contributed by atoms with Gasteiger partial charge in [0.1, 0.15) is 6.54 Å². The molecule has 1 aliphatic carbocycles.